The van der Waals surface area contributed by atoms with Crippen LogP contribution in [0.25, 0.3) is 10.2 Å². The third kappa shape index (κ3) is 5.20. The van der Waals surface area contributed by atoms with E-state index in [1.54, 1.807) is 11.5 Å². The maximum atomic E-state index is 13.3. The van der Waals surface area contributed by atoms with Crippen molar-refractivity contribution in [2.24, 2.45) is 4.99 Å². The number of hydrogen-bond acceptors (Lipinski definition) is 6. The van der Waals surface area contributed by atoms with Crippen molar-refractivity contribution >= 4 is 43.5 Å². The van der Waals surface area contributed by atoms with Gasteiger partial charge < -0.3 is 9.30 Å². The topological polar surface area (TPSA) is 98.0 Å². The summed E-state index contributed by atoms with van der Waals surface area (Å²) >= 11 is 1.31. The Kier molecular flexibility index (Phi) is 7.29. The predicted molar refractivity (Wildman–Crippen MR) is 145 cm³/mol. The molecule has 4 aromatic rings. The standard InChI is InChI=1S/C28H27N3O5S2/c1-3-36-26(32)18-31-24-13-8-19(2)16-25(24)37-28(31)29-27(33)21-9-11-23(12-10-21)38(34,35)30-15-14-20-6-4-5-7-22(20)17-30/h4-13,16H,3,14-15,17-18H2,1-2H3. The number of fused-ring (bicyclic) bond motifs is 2. The number of nitrogens with zero attached hydrogens (tertiary/aromatic N) is 3. The summed E-state index contributed by atoms with van der Waals surface area (Å²) in [5.74, 6) is -0.946. The highest BCUT2D eigenvalue weighted by atomic mass is 32.2. The molecule has 0 N–H and O–H groups in total. The zero-order valence-corrected chi connectivity index (χ0v) is 22.7. The van der Waals surface area contributed by atoms with Crippen LogP contribution in [0, 0.1) is 6.92 Å². The van der Waals surface area contributed by atoms with Crippen molar-refractivity contribution in [3.05, 3.63) is 93.8 Å². The molecule has 0 bridgehead atoms. The number of rotatable bonds is 6. The quantitative estimate of drug-likeness (QED) is 0.338. The number of amides is 1. The molecule has 38 heavy (non-hydrogen) atoms. The number of aromatic nitrogens is 1. The minimum atomic E-state index is -3.72. The second kappa shape index (κ2) is 10.6. The highest BCUT2D eigenvalue weighted by Gasteiger charge is 2.28. The van der Waals surface area contributed by atoms with Gasteiger partial charge in [-0.1, -0.05) is 41.7 Å². The average Bonchev–Trinajstić information content (AvgIpc) is 3.23. The molecule has 0 atom stereocenters. The lowest BCUT2D eigenvalue weighted by Crippen LogP contribution is -2.35. The molecule has 1 aliphatic rings. The minimum Gasteiger partial charge on any atom is -0.465 e. The maximum Gasteiger partial charge on any atom is 0.326 e. The predicted octanol–water partition coefficient (Wildman–Crippen LogP) is 4.06. The molecule has 8 nitrogen and oxygen atoms in total. The van der Waals surface area contributed by atoms with E-state index < -0.39 is 21.9 Å². The summed E-state index contributed by atoms with van der Waals surface area (Å²) in [5, 5.41) is 0. The Morgan fingerprint density at radius 3 is 2.50 bits per heavy atom. The van der Waals surface area contributed by atoms with Crippen LogP contribution in [0.15, 0.2) is 76.6 Å². The van der Waals surface area contributed by atoms with E-state index in [-0.39, 0.29) is 23.6 Å². The summed E-state index contributed by atoms with van der Waals surface area (Å²) < 4.78 is 35.7. The van der Waals surface area contributed by atoms with E-state index >= 15 is 0 Å². The number of carbonyl (C=O) groups excluding carboxylic acids is 2. The summed E-state index contributed by atoms with van der Waals surface area (Å²) in [5.41, 5.74) is 4.25. The lowest BCUT2D eigenvalue weighted by molar-refractivity contribution is -0.143. The second-order valence-corrected chi connectivity index (χ2v) is 12.0. The first-order valence-corrected chi connectivity index (χ1v) is 14.5. The molecular weight excluding hydrogens is 522 g/mol. The van der Waals surface area contributed by atoms with E-state index in [1.807, 2.05) is 49.4 Å². The number of hydrogen-bond donors (Lipinski definition) is 0. The van der Waals surface area contributed by atoms with Crippen LogP contribution in [0.5, 0.6) is 0 Å². The highest BCUT2D eigenvalue weighted by Crippen LogP contribution is 2.25. The molecule has 1 aromatic heterocycles. The summed E-state index contributed by atoms with van der Waals surface area (Å²) in [6.07, 6.45) is 0.658. The Bertz CT molecular complexity index is 1700. The van der Waals surface area contributed by atoms with Crippen molar-refractivity contribution in [3.63, 3.8) is 0 Å². The van der Waals surface area contributed by atoms with Crippen LogP contribution >= 0.6 is 11.3 Å². The molecule has 1 aliphatic heterocycles. The van der Waals surface area contributed by atoms with Crippen LogP contribution in [-0.4, -0.2) is 42.3 Å². The molecule has 0 fully saturated rings. The van der Waals surface area contributed by atoms with Gasteiger partial charge in [-0.15, -0.1) is 0 Å². The van der Waals surface area contributed by atoms with Crippen LogP contribution in [0.2, 0.25) is 0 Å². The molecule has 0 spiro atoms. The summed E-state index contributed by atoms with van der Waals surface area (Å²) in [4.78, 5) is 30.1. The molecule has 0 saturated heterocycles. The Morgan fingerprint density at radius 2 is 1.76 bits per heavy atom. The zero-order chi connectivity index (χ0) is 26.9. The fraction of sp³-hybridized carbons (Fsp3) is 0.250. The lowest BCUT2D eigenvalue weighted by Gasteiger charge is -2.28. The van der Waals surface area contributed by atoms with Crippen molar-refractivity contribution in [2.45, 2.75) is 38.3 Å². The fourth-order valence-corrected chi connectivity index (χ4v) is 7.04. The minimum absolute atomic E-state index is 0.0703. The third-order valence-corrected chi connectivity index (χ3v) is 9.36. The summed E-state index contributed by atoms with van der Waals surface area (Å²) in [7, 11) is -3.72. The van der Waals surface area contributed by atoms with Gasteiger partial charge in [-0.2, -0.15) is 9.30 Å². The molecule has 0 radical (unpaired) electrons. The molecule has 10 heteroatoms. The third-order valence-electron chi connectivity index (χ3n) is 6.46. The van der Waals surface area contributed by atoms with Crippen LogP contribution in [0.4, 0.5) is 0 Å². The number of benzene rings is 3. The monoisotopic (exact) mass is 549 g/mol. The van der Waals surface area contributed by atoms with Gasteiger partial charge >= 0.3 is 5.97 Å². The van der Waals surface area contributed by atoms with E-state index in [0.717, 1.165) is 26.9 Å². The molecule has 5 rings (SSSR count). The van der Waals surface area contributed by atoms with Crippen molar-refractivity contribution in [3.8, 4) is 0 Å². The summed E-state index contributed by atoms with van der Waals surface area (Å²) in [6, 6.07) is 19.5. The van der Waals surface area contributed by atoms with Crippen molar-refractivity contribution in [1.82, 2.24) is 8.87 Å². The largest absolute Gasteiger partial charge is 0.465 e. The van der Waals surface area contributed by atoms with Crippen molar-refractivity contribution < 1.29 is 22.7 Å². The van der Waals surface area contributed by atoms with Gasteiger partial charge in [0.25, 0.3) is 5.91 Å². The number of sulfonamides is 1. The number of thiazole rings is 1. The molecule has 196 valence electrons. The average molecular weight is 550 g/mol. The van der Waals surface area contributed by atoms with Crippen LogP contribution < -0.4 is 4.80 Å². The Morgan fingerprint density at radius 1 is 1.03 bits per heavy atom. The molecule has 2 heterocycles. The van der Waals surface area contributed by atoms with E-state index in [0.29, 0.717) is 24.3 Å². The second-order valence-electron chi connectivity index (χ2n) is 9.05. The van der Waals surface area contributed by atoms with Gasteiger partial charge in [0.15, 0.2) is 4.80 Å². The first-order chi connectivity index (χ1) is 18.3. The smallest absolute Gasteiger partial charge is 0.326 e. The highest BCUT2D eigenvalue weighted by molar-refractivity contribution is 7.89. The van der Waals surface area contributed by atoms with Gasteiger partial charge in [0.05, 0.1) is 21.7 Å². The Balaban J connectivity index is 1.42. The Labute approximate surface area is 224 Å². The van der Waals surface area contributed by atoms with Crippen LogP contribution in [0.3, 0.4) is 0 Å². The molecule has 3 aromatic carbocycles. The van der Waals surface area contributed by atoms with Crippen LogP contribution in [-0.2, 0) is 39.1 Å². The zero-order valence-electron chi connectivity index (χ0n) is 21.1. The number of esters is 1. The van der Waals surface area contributed by atoms with E-state index in [2.05, 4.69) is 4.99 Å². The van der Waals surface area contributed by atoms with Gasteiger partial charge in [-0.3, -0.25) is 9.59 Å². The Hall–Kier alpha value is -3.60. The SMILES string of the molecule is CCOC(=O)Cn1c(=NC(=O)c2ccc(S(=O)(=O)N3CCc4ccccc4C3)cc2)sc2cc(C)ccc21. The molecular formula is C28H27N3O5S2. The molecule has 0 aliphatic carbocycles. The van der Waals surface area contributed by atoms with Crippen LogP contribution in [0.1, 0.15) is 34.0 Å². The number of ether oxygens (including phenoxy) is 1. The molecule has 0 unspecified atom stereocenters. The van der Waals surface area contributed by atoms with Gasteiger partial charge in [0, 0.05) is 18.7 Å². The number of carbonyl (C=O) groups is 2. The molecule has 0 saturated carbocycles. The first-order valence-electron chi connectivity index (χ1n) is 12.3. The van der Waals surface area contributed by atoms with Crippen molar-refractivity contribution in [1.29, 1.82) is 0 Å². The van der Waals surface area contributed by atoms with Gasteiger partial charge in [0.1, 0.15) is 6.54 Å². The van der Waals surface area contributed by atoms with E-state index in [1.165, 1.54) is 39.9 Å². The van der Waals surface area contributed by atoms with E-state index in [4.69, 9.17) is 4.74 Å². The van der Waals surface area contributed by atoms with Gasteiger partial charge in [-0.25, -0.2) is 8.42 Å². The lowest BCUT2D eigenvalue weighted by atomic mass is 10.0. The van der Waals surface area contributed by atoms with Crippen molar-refractivity contribution in [2.75, 3.05) is 13.2 Å². The summed E-state index contributed by atoms with van der Waals surface area (Å²) in [6.45, 7) is 4.61. The molecule has 1 amide bonds. The van der Waals surface area contributed by atoms with E-state index in [9.17, 15) is 18.0 Å². The van der Waals surface area contributed by atoms with Gasteiger partial charge in [-0.05, 0) is 73.4 Å². The first kappa shape index (κ1) is 26.0. The number of aryl methyl sites for hydroxylation is 1. The van der Waals surface area contributed by atoms with Gasteiger partial charge in [0.2, 0.25) is 10.0 Å². The fourth-order valence-electron chi connectivity index (χ4n) is 4.50. The maximum absolute atomic E-state index is 13.3. The normalized spacial score (nSPS) is 14.4.